The van der Waals surface area contributed by atoms with Gasteiger partial charge in [0, 0.05) is 11.8 Å². The molecule has 4 rings (SSSR count). The Morgan fingerprint density at radius 1 is 0.667 bits per heavy atom. The summed E-state index contributed by atoms with van der Waals surface area (Å²) in [5.41, 5.74) is 0. The van der Waals surface area contributed by atoms with Crippen LogP contribution in [-0.2, 0) is 18.9 Å². The molecular weight excluding hydrogens is 368 g/mol. The van der Waals surface area contributed by atoms with E-state index in [-0.39, 0.29) is 9.65 Å². The van der Waals surface area contributed by atoms with E-state index in [2.05, 4.69) is 31.9 Å². The first-order chi connectivity index (χ1) is 8.69. The monoisotopic (exact) mass is 382 g/mol. The summed E-state index contributed by atoms with van der Waals surface area (Å²) < 4.78 is 23.9. The van der Waals surface area contributed by atoms with Gasteiger partial charge in [0.05, 0.1) is 36.1 Å². The average molecular weight is 384 g/mol. The minimum atomic E-state index is -0.463. The van der Waals surface area contributed by atoms with E-state index in [1.807, 2.05) is 0 Å². The molecule has 2 saturated heterocycles. The SMILES string of the molecule is BrC1CC2C(CC(Br)C23OCCO3)C12OCCO2. The van der Waals surface area contributed by atoms with E-state index >= 15 is 0 Å². The summed E-state index contributed by atoms with van der Waals surface area (Å²) in [5, 5.41) is 0. The average Bonchev–Trinajstić information content (AvgIpc) is 3.07. The molecule has 4 aliphatic rings. The number of fused-ring (bicyclic) bond motifs is 3. The second-order valence-corrected chi connectivity index (χ2v) is 7.67. The summed E-state index contributed by atoms with van der Waals surface area (Å²) in [6.07, 6.45) is 1.96. The van der Waals surface area contributed by atoms with Gasteiger partial charge in [-0.05, 0) is 12.8 Å². The summed E-state index contributed by atoms with van der Waals surface area (Å²) in [5.74, 6) is -0.246. The van der Waals surface area contributed by atoms with Crippen molar-refractivity contribution in [2.24, 2.45) is 11.8 Å². The lowest BCUT2D eigenvalue weighted by molar-refractivity contribution is -0.202. The Morgan fingerprint density at radius 2 is 1.00 bits per heavy atom. The Balaban J connectivity index is 1.71. The lowest BCUT2D eigenvalue weighted by atomic mass is 9.94. The van der Waals surface area contributed by atoms with Crippen LogP contribution in [-0.4, -0.2) is 47.7 Å². The Bertz CT molecular complexity index is 318. The van der Waals surface area contributed by atoms with Crippen LogP contribution in [0.25, 0.3) is 0 Å². The number of ether oxygens (including phenoxy) is 4. The highest BCUT2D eigenvalue weighted by molar-refractivity contribution is 9.09. The molecule has 2 aliphatic carbocycles. The number of alkyl halides is 2. The minimum absolute atomic E-state index is 0.229. The molecule has 2 spiro atoms. The van der Waals surface area contributed by atoms with Crippen LogP contribution in [0.1, 0.15) is 12.8 Å². The summed E-state index contributed by atoms with van der Waals surface area (Å²) >= 11 is 7.50. The second-order valence-electron chi connectivity index (χ2n) is 5.46. The molecule has 4 unspecified atom stereocenters. The Kier molecular flexibility index (Phi) is 2.89. The highest BCUT2D eigenvalue weighted by Crippen LogP contribution is 2.62. The summed E-state index contributed by atoms with van der Waals surface area (Å²) in [4.78, 5) is 0.458. The van der Waals surface area contributed by atoms with Crippen molar-refractivity contribution in [3.05, 3.63) is 0 Å². The van der Waals surface area contributed by atoms with E-state index in [1.165, 1.54) is 0 Å². The highest BCUT2D eigenvalue weighted by atomic mass is 79.9. The Morgan fingerprint density at radius 3 is 1.33 bits per heavy atom. The molecule has 18 heavy (non-hydrogen) atoms. The van der Waals surface area contributed by atoms with Gasteiger partial charge in [0.2, 0.25) is 0 Å². The number of hydrogen-bond acceptors (Lipinski definition) is 4. The zero-order chi connectivity index (χ0) is 12.4. The molecule has 0 bridgehead atoms. The van der Waals surface area contributed by atoms with Crippen LogP contribution in [0, 0.1) is 11.8 Å². The predicted octanol–water partition coefficient (Wildman–Crippen LogP) is 2.04. The van der Waals surface area contributed by atoms with Gasteiger partial charge in [-0.3, -0.25) is 0 Å². The molecular formula is C12H16Br2O4. The largest absolute Gasteiger partial charge is 0.346 e. The second kappa shape index (κ2) is 4.15. The fraction of sp³-hybridized carbons (Fsp3) is 1.00. The minimum Gasteiger partial charge on any atom is -0.346 e. The summed E-state index contributed by atoms with van der Waals surface area (Å²) in [6, 6.07) is 0. The van der Waals surface area contributed by atoms with Crippen LogP contribution < -0.4 is 0 Å². The third-order valence-electron chi connectivity index (χ3n) is 4.79. The maximum absolute atomic E-state index is 5.98. The van der Waals surface area contributed by atoms with Crippen molar-refractivity contribution in [2.45, 2.75) is 34.1 Å². The molecule has 2 heterocycles. The van der Waals surface area contributed by atoms with Gasteiger partial charge < -0.3 is 18.9 Å². The summed E-state index contributed by atoms with van der Waals surface area (Å²) in [6.45, 7) is 2.75. The molecule has 2 aliphatic heterocycles. The fourth-order valence-electron chi connectivity index (χ4n) is 4.13. The standard InChI is InChI=1S/C12H16Br2O4/c13-9-6-8-7(11(9)15-1-2-16-11)5-10(14)12(8)17-3-4-18-12/h7-10H,1-6H2. The van der Waals surface area contributed by atoms with E-state index in [0.29, 0.717) is 38.3 Å². The quantitative estimate of drug-likeness (QED) is 0.600. The topological polar surface area (TPSA) is 36.9 Å². The molecule has 0 N–H and O–H groups in total. The zero-order valence-corrected chi connectivity index (χ0v) is 13.1. The molecule has 0 amide bonds. The van der Waals surface area contributed by atoms with Gasteiger partial charge in [0.25, 0.3) is 0 Å². The molecule has 102 valence electrons. The zero-order valence-electron chi connectivity index (χ0n) is 9.94. The van der Waals surface area contributed by atoms with Crippen LogP contribution in [0.15, 0.2) is 0 Å². The van der Waals surface area contributed by atoms with Gasteiger partial charge in [-0.25, -0.2) is 0 Å². The molecule has 0 aromatic rings. The highest BCUT2D eigenvalue weighted by Gasteiger charge is 2.70. The van der Waals surface area contributed by atoms with Gasteiger partial charge in [-0.15, -0.1) is 0 Å². The van der Waals surface area contributed by atoms with Gasteiger partial charge in [-0.2, -0.15) is 0 Å². The Hall–Kier alpha value is 0.800. The van der Waals surface area contributed by atoms with Gasteiger partial charge in [0.1, 0.15) is 0 Å². The first-order valence-electron chi connectivity index (χ1n) is 6.53. The van der Waals surface area contributed by atoms with Crippen molar-refractivity contribution < 1.29 is 18.9 Å². The first-order valence-corrected chi connectivity index (χ1v) is 8.36. The van der Waals surface area contributed by atoms with E-state index in [4.69, 9.17) is 18.9 Å². The van der Waals surface area contributed by atoms with Crippen molar-refractivity contribution >= 4 is 31.9 Å². The molecule has 0 aromatic heterocycles. The molecule has 2 saturated carbocycles. The van der Waals surface area contributed by atoms with E-state index in [0.717, 1.165) is 12.8 Å². The van der Waals surface area contributed by atoms with Gasteiger partial charge in [0.15, 0.2) is 11.6 Å². The fourth-order valence-corrected chi connectivity index (χ4v) is 6.15. The van der Waals surface area contributed by atoms with E-state index < -0.39 is 11.6 Å². The van der Waals surface area contributed by atoms with Crippen LogP contribution in [0.2, 0.25) is 0 Å². The maximum atomic E-state index is 5.98. The van der Waals surface area contributed by atoms with E-state index in [1.54, 1.807) is 0 Å². The molecule has 6 heteroatoms. The number of rotatable bonds is 0. The predicted molar refractivity (Wildman–Crippen MR) is 70.9 cm³/mol. The third kappa shape index (κ3) is 1.40. The lowest BCUT2D eigenvalue weighted by Gasteiger charge is -2.32. The normalized spacial score (nSPS) is 48.3. The van der Waals surface area contributed by atoms with Crippen molar-refractivity contribution in [1.82, 2.24) is 0 Å². The molecule has 4 atom stereocenters. The molecule has 0 aromatic carbocycles. The third-order valence-corrected chi connectivity index (χ3v) is 6.82. The maximum Gasteiger partial charge on any atom is 0.184 e. The first kappa shape index (κ1) is 12.5. The number of hydrogen-bond donors (Lipinski definition) is 0. The molecule has 4 nitrogen and oxygen atoms in total. The van der Waals surface area contributed by atoms with E-state index in [9.17, 15) is 0 Å². The molecule has 0 radical (unpaired) electrons. The number of halogens is 2. The van der Waals surface area contributed by atoms with Crippen molar-refractivity contribution in [3.8, 4) is 0 Å². The lowest BCUT2D eigenvalue weighted by Crippen LogP contribution is -2.43. The van der Waals surface area contributed by atoms with Gasteiger partial charge >= 0.3 is 0 Å². The summed E-state index contributed by atoms with van der Waals surface area (Å²) in [7, 11) is 0. The van der Waals surface area contributed by atoms with Crippen molar-refractivity contribution in [1.29, 1.82) is 0 Å². The van der Waals surface area contributed by atoms with Gasteiger partial charge in [-0.1, -0.05) is 31.9 Å². The van der Waals surface area contributed by atoms with Crippen LogP contribution >= 0.6 is 31.9 Å². The Labute approximate surface area is 123 Å². The van der Waals surface area contributed by atoms with Crippen LogP contribution in [0.4, 0.5) is 0 Å². The molecule has 4 fully saturated rings. The smallest absolute Gasteiger partial charge is 0.184 e. The van der Waals surface area contributed by atoms with Crippen LogP contribution in [0.5, 0.6) is 0 Å². The van der Waals surface area contributed by atoms with Crippen LogP contribution in [0.3, 0.4) is 0 Å². The van der Waals surface area contributed by atoms with Crippen molar-refractivity contribution in [3.63, 3.8) is 0 Å². The van der Waals surface area contributed by atoms with Crippen molar-refractivity contribution in [2.75, 3.05) is 26.4 Å².